The van der Waals surface area contributed by atoms with Crippen LogP contribution in [0.5, 0.6) is 0 Å². The maximum Gasteiger partial charge on any atom is 1.00 e. The summed E-state index contributed by atoms with van der Waals surface area (Å²) >= 11 is 0. The Kier molecular flexibility index (Phi) is 31.9. The zero-order valence-electron chi connectivity index (χ0n) is 17.5. The summed E-state index contributed by atoms with van der Waals surface area (Å²) in [6, 6.07) is 0. The van der Waals surface area contributed by atoms with E-state index in [9.17, 15) is 19.8 Å². The molecule has 0 aliphatic heterocycles. The van der Waals surface area contributed by atoms with E-state index in [1.54, 1.807) is 0 Å². The van der Waals surface area contributed by atoms with Gasteiger partial charge >= 0.3 is 103 Å². The molecule has 0 aliphatic rings. The van der Waals surface area contributed by atoms with Gasteiger partial charge in [0.1, 0.15) is 0 Å². The van der Waals surface area contributed by atoms with Gasteiger partial charge in [0.05, 0.1) is 0 Å². The van der Waals surface area contributed by atoms with Crippen molar-refractivity contribution in [2.24, 2.45) is 5.92 Å². The van der Waals surface area contributed by atoms with Crippen molar-refractivity contribution >= 4 is 11.9 Å². The van der Waals surface area contributed by atoms with Crippen molar-refractivity contribution in [2.75, 3.05) is 0 Å². The van der Waals surface area contributed by atoms with Gasteiger partial charge in [0.15, 0.2) is 0 Å². The van der Waals surface area contributed by atoms with Crippen LogP contribution in [0, 0.1) is 5.92 Å². The summed E-state index contributed by atoms with van der Waals surface area (Å²) < 4.78 is 0. The van der Waals surface area contributed by atoms with Crippen LogP contribution < -0.4 is 113 Å². The number of hydrogen-bond donors (Lipinski definition) is 0. The minimum Gasteiger partial charge on any atom is -0.550 e. The van der Waals surface area contributed by atoms with Crippen LogP contribution in [0.4, 0.5) is 0 Å². The maximum atomic E-state index is 11.2. The number of carbonyl (C=O) groups excluding carboxylic acids is 2. The molecular weight excluding hydrogens is 382 g/mol. The van der Waals surface area contributed by atoms with E-state index in [0.29, 0.717) is 6.42 Å². The smallest absolute Gasteiger partial charge is 0.550 e. The molecule has 0 radical (unpaired) electrons. The van der Waals surface area contributed by atoms with Gasteiger partial charge in [-0.15, -0.1) is 0 Å². The second-order valence-corrected chi connectivity index (χ2v) is 6.96. The van der Waals surface area contributed by atoms with Gasteiger partial charge in [0.25, 0.3) is 0 Å². The van der Waals surface area contributed by atoms with E-state index < -0.39 is 11.9 Å². The molecule has 4 nitrogen and oxygen atoms in total. The van der Waals surface area contributed by atoms with Gasteiger partial charge in [0.2, 0.25) is 0 Å². The molecule has 0 aromatic carbocycles. The molecule has 0 spiro atoms. The zero-order valence-corrected chi connectivity index (χ0v) is 23.8. The fourth-order valence-corrected chi connectivity index (χ4v) is 3.10. The van der Waals surface area contributed by atoms with Crippen LogP contribution in [0.2, 0.25) is 0 Å². The molecule has 142 valence electrons. The summed E-state index contributed by atoms with van der Waals surface area (Å²) in [4.78, 5) is 21.5. The predicted molar refractivity (Wildman–Crippen MR) is 93.1 cm³/mol. The SMILES string of the molecule is CCCCCCCCC(CCCCCCCCCC(=O)[O-])C(=O)[O-].[K+].[K+]. The Morgan fingerprint density at radius 2 is 1.04 bits per heavy atom. The van der Waals surface area contributed by atoms with E-state index in [4.69, 9.17) is 0 Å². The number of hydrogen-bond acceptors (Lipinski definition) is 4. The Bertz CT molecular complexity index is 325. The second-order valence-electron chi connectivity index (χ2n) is 6.96. The summed E-state index contributed by atoms with van der Waals surface area (Å²) in [6.45, 7) is 2.19. The average molecular weight is 419 g/mol. The van der Waals surface area contributed by atoms with E-state index in [1.807, 2.05) is 0 Å². The number of unbranched alkanes of at least 4 members (excludes halogenated alkanes) is 11. The van der Waals surface area contributed by atoms with Crippen LogP contribution in [0.15, 0.2) is 0 Å². The summed E-state index contributed by atoms with van der Waals surface area (Å²) in [6.07, 6.45) is 15.7. The van der Waals surface area contributed by atoms with Gasteiger partial charge in [-0.2, -0.15) is 0 Å². The molecule has 0 rings (SSSR count). The summed E-state index contributed by atoms with van der Waals surface area (Å²) in [7, 11) is 0. The minimum absolute atomic E-state index is 0. The van der Waals surface area contributed by atoms with Crippen molar-refractivity contribution in [1.82, 2.24) is 0 Å². The second kappa shape index (κ2) is 25.2. The molecule has 0 aliphatic carbocycles. The number of carboxylic acids is 2. The molecule has 0 aromatic rings. The van der Waals surface area contributed by atoms with Crippen molar-refractivity contribution in [3.63, 3.8) is 0 Å². The Balaban J connectivity index is -0.00000264. The normalized spacial score (nSPS) is 11.3. The third-order valence-electron chi connectivity index (χ3n) is 4.67. The van der Waals surface area contributed by atoms with Crippen molar-refractivity contribution in [1.29, 1.82) is 0 Å². The van der Waals surface area contributed by atoms with Crippen LogP contribution in [0.1, 0.15) is 110 Å². The van der Waals surface area contributed by atoms with E-state index in [0.717, 1.165) is 64.2 Å². The van der Waals surface area contributed by atoms with Crippen molar-refractivity contribution in [2.45, 2.75) is 110 Å². The standard InChI is InChI=1S/C20H38O4.2K/c1-2-3-4-5-9-12-15-18(20(23)24)16-13-10-7-6-8-11-14-17-19(21)22;;/h18H,2-17H2,1H3,(H,21,22)(H,23,24);;/q;2*+1/p-2. The molecule has 0 heterocycles. The molecule has 0 fully saturated rings. The van der Waals surface area contributed by atoms with Gasteiger partial charge in [0, 0.05) is 11.9 Å². The van der Waals surface area contributed by atoms with Crippen LogP contribution in [-0.4, -0.2) is 11.9 Å². The van der Waals surface area contributed by atoms with Crippen molar-refractivity contribution in [3.8, 4) is 0 Å². The molecule has 0 bridgehead atoms. The zero-order chi connectivity index (χ0) is 18.0. The molecule has 1 unspecified atom stereocenters. The number of rotatable bonds is 18. The van der Waals surface area contributed by atoms with Gasteiger partial charge in [-0.1, -0.05) is 84.0 Å². The molecule has 0 N–H and O–H groups in total. The van der Waals surface area contributed by atoms with Crippen molar-refractivity contribution < 1.29 is 123 Å². The molecule has 0 saturated heterocycles. The molecule has 1 atom stereocenters. The van der Waals surface area contributed by atoms with Gasteiger partial charge in [-0.05, 0) is 31.6 Å². The summed E-state index contributed by atoms with van der Waals surface area (Å²) in [5, 5.41) is 21.5. The largest absolute Gasteiger partial charge is 1.00 e. The first-order valence-electron chi connectivity index (χ1n) is 9.98. The molecule has 0 amide bonds. The van der Waals surface area contributed by atoms with Gasteiger partial charge in [-0.3, -0.25) is 0 Å². The van der Waals surface area contributed by atoms with Crippen LogP contribution >= 0.6 is 0 Å². The Hall–Kier alpha value is 2.21. The topological polar surface area (TPSA) is 80.3 Å². The predicted octanol–water partition coefficient (Wildman–Crippen LogP) is -2.63. The monoisotopic (exact) mass is 418 g/mol. The van der Waals surface area contributed by atoms with Crippen molar-refractivity contribution in [3.05, 3.63) is 0 Å². The van der Waals surface area contributed by atoms with E-state index in [2.05, 4.69) is 6.92 Å². The molecule has 6 heteroatoms. The first kappa shape index (κ1) is 32.9. The molecular formula is C20H36K2O4. The Morgan fingerprint density at radius 3 is 1.42 bits per heavy atom. The number of aliphatic carboxylic acids is 2. The number of carbonyl (C=O) groups is 2. The fraction of sp³-hybridized carbons (Fsp3) is 0.900. The maximum absolute atomic E-state index is 11.2. The van der Waals surface area contributed by atoms with E-state index >= 15 is 0 Å². The molecule has 0 aromatic heterocycles. The summed E-state index contributed by atoms with van der Waals surface area (Å²) in [5.74, 6) is -2.13. The van der Waals surface area contributed by atoms with E-state index in [-0.39, 0.29) is 115 Å². The molecule has 0 saturated carbocycles. The minimum atomic E-state index is -0.964. The van der Waals surface area contributed by atoms with Gasteiger partial charge < -0.3 is 19.8 Å². The number of carboxylic acid groups (broad SMARTS) is 2. The third-order valence-corrected chi connectivity index (χ3v) is 4.67. The Labute approximate surface area is 245 Å². The van der Waals surface area contributed by atoms with Crippen LogP contribution in [0.3, 0.4) is 0 Å². The first-order valence-corrected chi connectivity index (χ1v) is 9.98. The fourth-order valence-electron chi connectivity index (χ4n) is 3.10. The van der Waals surface area contributed by atoms with Gasteiger partial charge in [-0.25, -0.2) is 0 Å². The quantitative estimate of drug-likeness (QED) is 0.180. The molecule has 26 heavy (non-hydrogen) atoms. The van der Waals surface area contributed by atoms with Crippen LogP contribution in [0.25, 0.3) is 0 Å². The third kappa shape index (κ3) is 24.3. The summed E-state index contributed by atoms with van der Waals surface area (Å²) in [5.41, 5.74) is 0. The van der Waals surface area contributed by atoms with Crippen LogP contribution in [-0.2, 0) is 9.59 Å². The van der Waals surface area contributed by atoms with E-state index in [1.165, 1.54) is 25.7 Å². The Morgan fingerprint density at radius 1 is 0.654 bits per heavy atom. The average Bonchev–Trinajstić information content (AvgIpc) is 2.53. The first-order chi connectivity index (χ1) is 11.6.